The van der Waals surface area contributed by atoms with Gasteiger partial charge in [0.05, 0.1) is 25.3 Å². The molecule has 6 heteroatoms. The topological polar surface area (TPSA) is 69.0 Å². The fourth-order valence-corrected chi connectivity index (χ4v) is 2.79. The summed E-state index contributed by atoms with van der Waals surface area (Å²) in [7, 11) is 1.64. The van der Waals surface area contributed by atoms with E-state index in [0.29, 0.717) is 6.42 Å². The number of methoxy groups -OCH3 is 1. The van der Waals surface area contributed by atoms with Crippen LogP contribution in [0.25, 0.3) is 5.69 Å². The van der Waals surface area contributed by atoms with Gasteiger partial charge in [-0.1, -0.05) is 24.3 Å². The molecule has 0 aliphatic heterocycles. The van der Waals surface area contributed by atoms with E-state index in [1.807, 2.05) is 56.3 Å². The lowest BCUT2D eigenvalue weighted by atomic mass is 10.1. The van der Waals surface area contributed by atoms with E-state index in [-0.39, 0.29) is 11.9 Å². The molecule has 1 aromatic heterocycles. The molecule has 6 nitrogen and oxygen atoms in total. The first kappa shape index (κ1) is 17.7. The minimum atomic E-state index is -0.0837. The molecular formula is C20H22N4O2. The Kier molecular flexibility index (Phi) is 5.31. The molecule has 0 radical (unpaired) electrons. The number of carbonyl (C=O) groups excluding carboxylic acids is 1. The average Bonchev–Trinajstić information content (AvgIpc) is 3.18. The highest BCUT2D eigenvalue weighted by molar-refractivity contribution is 5.79. The van der Waals surface area contributed by atoms with Crippen LogP contribution in [0.5, 0.6) is 5.75 Å². The van der Waals surface area contributed by atoms with Gasteiger partial charge in [0.25, 0.3) is 0 Å². The Bertz CT molecular complexity index is 873. The van der Waals surface area contributed by atoms with E-state index >= 15 is 0 Å². The van der Waals surface area contributed by atoms with Gasteiger partial charge >= 0.3 is 0 Å². The number of aromatic nitrogens is 3. The lowest BCUT2D eigenvalue weighted by Gasteiger charge is -2.15. The first-order valence-electron chi connectivity index (χ1n) is 8.44. The van der Waals surface area contributed by atoms with Crippen LogP contribution in [-0.2, 0) is 11.2 Å². The SMILES string of the molecule is COc1cc(CC(=O)NC(C)c2ccc(-n3cncn3)cc2)ccc1C. The third-order valence-corrected chi connectivity index (χ3v) is 4.29. The maximum absolute atomic E-state index is 12.4. The van der Waals surface area contributed by atoms with Gasteiger partial charge in [0.1, 0.15) is 18.4 Å². The number of rotatable bonds is 6. The molecule has 1 N–H and O–H groups in total. The van der Waals surface area contributed by atoms with E-state index < -0.39 is 0 Å². The van der Waals surface area contributed by atoms with Gasteiger partial charge in [-0.15, -0.1) is 0 Å². The van der Waals surface area contributed by atoms with Crippen molar-refractivity contribution in [2.75, 3.05) is 7.11 Å². The van der Waals surface area contributed by atoms with Gasteiger partial charge in [0.15, 0.2) is 0 Å². The highest BCUT2D eigenvalue weighted by atomic mass is 16.5. The van der Waals surface area contributed by atoms with Gasteiger partial charge in [-0.3, -0.25) is 4.79 Å². The number of carbonyl (C=O) groups is 1. The zero-order valence-corrected chi connectivity index (χ0v) is 15.1. The molecule has 0 saturated carbocycles. The van der Waals surface area contributed by atoms with Gasteiger partial charge in [0, 0.05) is 0 Å². The number of benzene rings is 2. The summed E-state index contributed by atoms with van der Waals surface area (Å²) < 4.78 is 7.01. The predicted molar refractivity (Wildman–Crippen MR) is 99.4 cm³/mol. The van der Waals surface area contributed by atoms with Crippen LogP contribution in [0.15, 0.2) is 55.1 Å². The van der Waals surface area contributed by atoms with Crippen LogP contribution in [0.4, 0.5) is 0 Å². The van der Waals surface area contributed by atoms with Crippen molar-refractivity contribution < 1.29 is 9.53 Å². The molecule has 1 unspecified atom stereocenters. The van der Waals surface area contributed by atoms with Crippen molar-refractivity contribution in [3.05, 3.63) is 71.8 Å². The first-order valence-corrected chi connectivity index (χ1v) is 8.44. The van der Waals surface area contributed by atoms with Crippen LogP contribution in [0, 0.1) is 6.92 Å². The highest BCUT2D eigenvalue weighted by Crippen LogP contribution is 2.20. The van der Waals surface area contributed by atoms with E-state index in [0.717, 1.165) is 28.1 Å². The summed E-state index contributed by atoms with van der Waals surface area (Å²) in [5.41, 5.74) is 3.94. The van der Waals surface area contributed by atoms with Crippen molar-refractivity contribution in [1.82, 2.24) is 20.1 Å². The van der Waals surface area contributed by atoms with Gasteiger partial charge in [-0.25, -0.2) is 9.67 Å². The predicted octanol–water partition coefficient (Wildman–Crippen LogP) is 3.00. The second-order valence-corrected chi connectivity index (χ2v) is 6.20. The van der Waals surface area contributed by atoms with Crippen molar-refractivity contribution in [2.24, 2.45) is 0 Å². The Morgan fingerprint density at radius 2 is 2.00 bits per heavy atom. The van der Waals surface area contributed by atoms with Crippen molar-refractivity contribution in [1.29, 1.82) is 0 Å². The molecule has 1 atom stereocenters. The molecule has 1 amide bonds. The van der Waals surface area contributed by atoms with E-state index in [4.69, 9.17) is 4.74 Å². The molecular weight excluding hydrogens is 328 g/mol. The summed E-state index contributed by atoms with van der Waals surface area (Å²) in [6, 6.07) is 13.6. The second kappa shape index (κ2) is 7.82. The lowest BCUT2D eigenvalue weighted by Crippen LogP contribution is -2.28. The van der Waals surface area contributed by atoms with Crippen LogP contribution < -0.4 is 10.1 Å². The normalized spacial score (nSPS) is 11.8. The molecule has 1 heterocycles. The zero-order chi connectivity index (χ0) is 18.5. The van der Waals surface area contributed by atoms with Crippen molar-refractivity contribution in [2.45, 2.75) is 26.3 Å². The maximum atomic E-state index is 12.4. The molecule has 3 rings (SSSR count). The monoisotopic (exact) mass is 350 g/mol. The average molecular weight is 350 g/mol. The largest absolute Gasteiger partial charge is 0.496 e. The number of aryl methyl sites for hydroxylation is 1. The van der Waals surface area contributed by atoms with Crippen LogP contribution in [0.1, 0.15) is 29.7 Å². The number of amides is 1. The number of hydrogen-bond acceptors (Lipinski definition) is 4. The summed E-state index contributed by atoms with van der Waals surface area (Å²) >= 11 is 0. The molecule has 0 aliphatic rings. The molecule has 3 aromatic rings. The molecule has 0 bridgehead atoms. The van der Waals surface area contributed by atoms with Crippen molar-refractivity contribution in [3.63, 3.8) is 0 Å². The molecule has 2 aromatic carbocycles. The summed E-state index contributed by atoms with van der Waals surface area (Å²) in [6.45, 7) is 3.95. The highest BCUT2D eigenvalue weighted by Gasteiger charge is 2.11. The fraction of sp³-hybridized carbons (Fsp3) is 0.250. The molecule has 134 valence electrons. The quantitative estimate of drug-likeness (QED) is 0.742. The van der Waals surface area contributed by atoms with E-state index in [1.165, 1.54) is 6.33 Å². The Hall–Kier alpha value is -3.15. The first-order chi connectivity index (χ1) is 12.6. The summed E-state index contributed by atoms with van der Waals surface area (Å²) in [6.07, 6.45) is 3.46. The Morgan fingerprint density at radius 1 is 1.23 bits per heavy atom. The minimum Gasteiger partial charge on any atom is -0.496 e. The Labute approximate surface area is 152 Å². The molecule has 0 saturated heterocycles. The third kappa shape index (κ3) is 4.08. The smallest absolute Gasteiger partial charge is 0.224 e. The molecule has 26 heavy (non-hydrogen) atoms. The van der Waals surface area contributed by atoms with Gasteiger partial charge in [-0.05, 0) is 48.7 Å². The molecule has 0 spiro atoms. The van der Waals surface area contributed by atoms with E-state index in [1.54, 1.807) is 18.1 Å². The number of nitrogens with one attached hydrogen (secondary N) is 1. The standard InChI is InChI=1S/C20H22N4O2/c1-14-4-5-16(10-19(14)26-3)11-20(25)23-15(2)17-6-8-18(9-7-17)24-13-21-12-22-24/h4-10,12-13,15H,11H2,1-3H3,(H,23,25). The number of nitrogens with zero attached hydrogens (tertiary/aromatic N) is 3. The minimum absolute atomic E-state index is 0.0243. The Balaban J connectivity index is 1.62. The maximum Gasteiger partial charge on any atom is 0.224 e. The van der Waals surface area contributed by atoms with Crippen LogP contribution >= 0.6 is 0 Å². The number of ether oxygens (including phenoxy) is 1. The molecule has 0 fully saturated rings. The van der Waals surface area contributed by atoms with E-state index in [2.05, 4.69) is 15.4 Å². The fourth-order valence-electron chi connectivity index (χ4n) is 2.79. The lowest BCUT2D eigenvalue weighted by molar-refractivity contribution is -0.121. The molecule has 0 aliphatic carbocycles. The van der Waals surface area contributed by atoms with Gasteiger partial charge in [-0.2, -0.15) is 5.10 Å². The number of hydrogen-bond donors (Lipinski definition) is 1. The van der Waals surface area contributed by atoms with Crippen molar-refractivity contribution in [3.8, 4) is 11.4 Å². The van der Waals surface area contributed by atoms with Gasteiger partial charge in [0.2, 0.25) is 5.91 Å². The van der Waals surface area contributed by atoms with Gasteiger partial charge < -0.3 is 10.1 Å². The van der Waals surface area contributed by atoms with Crippen LogP contribution in [0.3, 0.4) is 0 Å². The summed E-state index contributed by atoms with van der Waals surface area (Å²) in [5.74, 6) is 0.774. The summed E-state index contributed by atoms with van der Waals surface area (Å²) in [4.78, 5) is 16.3. The second-order valence-electron chi connectivity index (χ2n) is 6.20. The Morgan fingerprint density at radius 3 is 2.65 bits per heavy atom. The van der Waals surface area contributed by atoms with Crippen LogP contribution in [0.2, 0.25) is 0 Å². The summed E-state index contributed by atoms with van der Waals surface area (Å²) in [5, 5.41) is 7.14. The van der Waals surface area contributed by atoms with E-state index in [9.17, 15) is 4.79 Å². The zero-order valence-electron chi connectivity index (χ0n) is 15.1. The van der Waals surface area contributed by atoms with Crippen molar-refractivity contribution >= 4 is 5.91 Å². The van der Waals surface area contributed by atoms with Crippen LogP contribution in [-0.4, -0.2) is 27.8 Å². The third-order valence-electron chi connectivity index (χ3n) is 4.29.